The molecule has 0 atom stereocenters. The fourth-order valence-corrected chi connectivity index (χ4v) is 2.41. The molecule has 0 saturated heterocycles. The average molecular weight is 291 g/mol. The minimum atomic E-state index is -0.217. The molecule has 1 amide bonds. The van der Waals surface area contributed by atoms with Crippen LogP contribution >= 0.6 is 11.3 Å². The van der Waals surface area contributed by atoms with Crippen LogP contribution in [-0.4, -0.2) is 33.9 Å². The number of amides is 1. The zero-order valence-corrected chi connectivity index (χ0v) is 12.3. The Labute approximate surface area is 121 Å². The second-order valence-electron chi connectivity index (χ2n) is 4.21. The summed E-state index contributed by atoms with van der Waals surface area (Å²) in [5.74, 6) is 0.390. The Morgan fingerprint density at radius 3 is 2.90 bits per heavy atom. The van der Waals surface area contributed by atoms with Crippen molar-refractivity contribution in [3.63, 3.8) is 0 Å². The number of hydrogen-bond acceptors (Lipinski definition) is 6. The summed E-state index contributed by atoms with van der Waals surface area (Å²) in [6.07, 6.45) is 3.78. The Morgan fingerprint density at radius 2 is 2.20 bits per heavy atom. The smallest absolute Gasteiger partial charge is 0.271 e. The van der Waals surface area contributed by atoms with Crippen molar-refractivity contribution in [2.45, 2.75) is 20.3 Å². The number of carbonyl (C=O) groups excluding carboxylic acids is 1. The van der Waals surface area contributed by atoms with E-state index in [1.54, 1.807) is 17.5 Å². The lowest BCUT2D eigenvalue weighted by Crippen LogP contribution is -2.27. The first-order valence-corrected chi connectivity index (χ1v) is 7.32. The number of nitrogens with zero attached hydrogens (tertiary/aromatic N) is 3. The van der Waals surface area contributed by atoms with Gasteiger partial charge in [-0.3, -0.25) is 9.78 Å². The molecule has 6 nitrogen and oxygen atoms in total. The summed E-state index contributed by atoms with van der Waals surface area (Å²) in [6, 6.07) is 0. The molecule has 0 bridgehead atoms. The molecule has 0 radical (unpaired) electrons. The molecule has 0 aromatic carbocycles. The van der Waals surface area contributed by atoms with E-state index in [4.69, 9.17) is 0 Å². The number of thiazole rings is 1. The van der Waals surface area contributed by atoms with Crippen LogP contribution in [0.3, 0.4) is 0 Å². The maximum Gasteiger partial charge on any atom is 0.271 e. The fourth-order valence-electron chi connectivity index (χ4n) is 1.63. The molecule has 2 N–H and O–H groups in total. The lowest BCUT2D eigenvalue weighted by atomic mass is 10.4. The Bertz CT molecular complexity index is 584. The Balaban J connectivity index is 1.86. The van der Waals surface area contributed by atoms with Crippen molar-refractivity contribution >= 4 is 23.1 Å². The van der Waals surface area contributed by atoms with Crippen molar-refractivity contribution in [2.24, 2.45) is 0 Å². The zero-order valence-electron chi connectivity index (χ0n) is 11.5. The first kappa shape index (κ1) is 14.4. The van der Waals surface area contributed by atoms with Gasteiger partial charge in [-0.1, -0.05) is 0 Å². The first-order valence-electron chi connectivity index (χ1n) is 6.44. The van der Waals surface area contributed by atoms with Crippen LogP contribution in [0.5, 0.6) is 0 Å². The summed E-state index contributed by atoms with van der Waals surface area (Å²) < 4.78 is 0. The fraction of sp³-hybridized carbons (Fsp3) is 0.385. The molecule has 2 aromatic heterocycles. The molecule has 0 aliphatic heterocycles. The number of rotatable bonds is 6. The molecule has 0 saturated carbocycles. The van der Waals surface area contributed by atoms with E-state index in [0.29, 0.717) is 18.1 Å². The van der Waals surface area contributed by atoms with Gasteiger partial charge in [0.1, 0.15) is 11.5 Å². The summed E-state index contributed by atoms with van der Waals surface area (Å²) >= 11 is 1.61. The highest BCUT2D eigenvalue weighted by atomic mass is 32.1. The lowest BCUT2D eigenvalue weighted by Gasteiger charge is -2.05. The van der Waals surface area contributed by atoms with Crippen LogP contribution in [0, 0.1) is 6.92 Å². The van der Waals surface area contributed by atoms with Crippen molar-refractivity contribution < 1.29 is 4.79 Å². The summed E-state index contributed by atoms with van der Waals surface area (Å²) in [7, 11) is 0. The highest BCUT2D eigenvalue weighted by Gasteiger charge is 2.08. The Hall–Kier alpha value is -2.02. The highest BCUT2D eigenvalue weighted by Crippen LogP contribution is 2.08. The Morgan fingerprint density at radius 1 is 1.35 bits per heavy atom. The average Bonchev–Trinajstić information content (AvgIpc) is 2.85. The van der Waals surface area contributed by atoms with Gasteiger partial charge in [-0.15, -0.1) is 11.3 Å². The minimum absolute atomic E-state index is 0.217. The van der Waals surface area contributed by atoms with Crippen LogP contribution in [0.15, 0.2) is 17.8 Å². The van der Waals surface area contributed by atoms with Crippen LogP contribution in [0.2, 0.25) is 0 Å². The maximum absolute atomic E-state index is 11.9. The number of aryl methyl sites for hydroxylation is 1. The quantitative estimate of drug-likeness (QED) is 0.846. The van der Waals surface area contributed by atoms with E-state index in [-0.39, 0.29) is 5.91 Å². The summed E-state index contributed by atoms with van der Waals surface area (Å²) in [4.78, 5) is 24.5. The summed E-state index contributed by atoms with van der Waals surface area (Å²) in [5, 5.41) is 8.87. The van der Waals surface area contributed by atoms with E-state index in [1.165, 1.54) is 6.20 Å². The number of aromatic nitrogens is 3. The van der Waals surface area contributed by atoms with Gasteiger partial charge in [-0.2, -0.15) is 0 Å². The van der Waals surface area contributed by atoms with Gasteiger partial charge in [-0.25, -0.2) is 9.97 Å². The molecule has 0 aliphatic rings. The number of nitrogens with one attached hydrogen (secondary N) is 2. The van der Waals surface area contributed by atoms with Gasteiger partial charge in [0.2, 0.25) is 0 Å². The van der Waals surface area contributed by atoms with Crippen LogP contribution in [0.1, 0.15) is 28.1 Å². The normalized spacial score (nSPS) is 10.3. The standard InChI is InChI=1S/C13H17N5OS/c1-3-15-11-7-14-6-10(18-11)13(19)16-5-4-12-17-9(2)8-20-12/h6-8H,3-5H2,1-2H3,(H,15,18)(H,16,19). The van der Waals surface area contributed by atoms with E-state index in [2.05, 4.69) is 25.6 Å². The van der Waals surface area contributed by atoms with Crippen LogP contribution in [0.4, 0.5) is 5.82 Å². The molecule has 0 aliphatic carbocycles. The van der Waals surface area contributed by atoms with Gasteiger partial charge in [0.15, 0.2) is 0 Å². The van der Waals surface area contributed by atoms with Crippen molar-refractivity contribution in [2.75, 3.05) is 18.4 Å². The van der Waals surface area contributed by atoms with Crippen molar-refractivity contribution in [3.8, 4) is 0 Å². The minimum Gasteiger partial charge on any atom is -0.369 e. The number of carbonyl (C=O) groups is 1. The van der Waals surface area contributed by atoms with Gasteiger partial charge in [0.25, 0.3) is 5.91 Å². The third kappa shape index (κ3) is 3.99. The van der Waals surface area contributed by atoms with Crippen molar-refractivity contribution in [1.29, 1.82) is 0 Å². The molecule has 2 heterocycles. The van der Waals surface area contributed by atoms with Gasteiger partial charge < -0.3 is 10.6 Å². The molecule has 0 spiro atoms. The highest BCUT2D eigenvalue weighted by molar-refractivity contribution is 7.09. The molecule has 20 heavy (non-hydrogen) atoms. The topological polar surface area (TPSA) is 79.8 Å². The third-order valence-electron chi connectivity index (χ3n) is 2.52. The summed E-state index contributed by atoms with van der Waals surface area (Å²) in [6.45, 7) is 5.20. The number of hydrogen-bond donors (Lipinski definition) is 2. The molecule has 106 valence electrons. The SMILES string of the molecule is CCNc1cncc(C(=O)NCCc2nc(C)cs2)n1. The zero-order chi connectivity index (χ0) is 14.4. The van der Waals surface area contributed by atoms with Gasteiger partial charge in [0, 0.05) is 30.6 Å². The van der Waals surface area contributed by atoms with Crippen molar-refractivity contribution in [3.05, 3.63) is 34.2 Å². The second-order valence-corrected chi connectivity index (χ2v) is 5.15. The van der Waals surface area contributed by atoms with Gasteiger partial charge in [0.05, 0.1) is 17.4 Å². The van der Waals surface area contributed by atoms with E-state index in [9.17, 15) is 4.79 Å². The Kier molecular flexibility index (Phi) is 5.00. The van der Waals surface area contributed by atoms with Gasteiger partial charge >= 0.3 is 0 Å². The van der Waals surface area contributed by atoms with E-state index >= 15 is 0 Å². The second kappa shape index (κ2) is 6.95. The molecular formula is C13H17N5OS. The molecule has 7 heteroatoms. The predicted molar refractivity (Wildman–Crippen MR) is 79.1 cm³/mol. The first-order chi connectivity index (χ1) is 9.69. The van der Waals surface area contributed by atoms with Crippen molar-refractivity contribution in [1.82, 2.24) is 20.3 Å². The molecule has 2 aromatic rings. The number of anilines is 1. The van der Waals surface area contributed by atoms with E-state index < -0.39 is 0 Å². The molecule has 0 unspecified atom stereocenters. The van der Waals surface area contributed by atoms with E-state index in [0.717, 1.165) is 23.7 Å². The van der Waals surface area contributed by atoms with Crippen LogP contribution in [-0.2, 0) is 6.42 Å². The predicted octanol–water partition coefficient (Wildman–Crippen LogP) is 1.65. The molecule has 2 rings (SSSR count). The largest absolute Gasteiger partial charge is 0.369 e. The van der Waals surface area contributed by atoms with Crippen LogP contribution in [0.25, 0.3) is 0 Å². The third-order valence-corrected chi connectivity index (χ3v) is 3.54. The van der Waals surface area contributed by atoms with Crippen LogP contribution < -0.4 is 10.6 Å². The summed E-state index contributed by atoms with van der Waals surface area (Å²) in [5.41, 5.74) is 1.33. The molecule has 0 fully saturated rings. The molecular weight excluding hydrogens is 274 g/mol. The van der Waals surface area contributed by atoms with E-state index in [1.807, 2.05) is 19.2 Å². The van der Waals surface area contributed by atoms with Gasteiger partial charge in [-0.05, 0) is 13.8 Å². The maximum atomic E-state index is 11.9. The monoisotopic (exact) mass is 291 g/mol. The lowest BCUT2D eigenvalue weighted by molar-refractivity contribution is 0.0949.